The lowest BCUT2D eigenvalue weighted by Gasteiger charge is -2.14. The normalized spacial score (nSPS) is 11.7. The van der Waals surface area contributed by atoms with Gasteiger partial charge in [-0.15, -0.1) is 0 Å². The molecule has 37 heavy (non-hydrogen) atoms. The maximum absolute atomic E-state index is 13.6. The highest BCUT2D eigenvalue weighted by atomic mass is 32.1. The number of nitrogens with zero attached hydrogens (tertiary/aromatic N) is 2. The monoisotopic (exact) mass is 506 g/mol. The van der Waals surface area contributed by atoms with Crippen molar-refractivity contribution >= 4 is 40.1 Å². The summed E-state index contributed by atoms with van der Waals surface area (Å²) in [5, 5.41) is 10.3. The lowest BCUT2D eigenvalue weighted by Crippen LogP contribution is -2.14. The molecule has 0 fully saturated rings. The van der Waals surface area contributed by atoms with Crippen LogP contribution in [0, 0.1) is 0 Å². The molecule has 1 aromatic heterocycles. The maximum Gasteiger partial charge on any atom is 0.336 e. The van der Waals surface area contributed by atoms with Crippen LogP contribution in [0.25, 0.3) is 16.6 Å². The number of benzene rings is 4. The largest absolute Gasteiger partial charge is 0.489 e. The molecule has 0 radical (unpaired) electrons. The van der Waals surface area contributed by atoms with E-state index in [0.29, 0.717) is 34.5 Å². The number of carbonyl (C=O) groups excluding carboxylic acids is 1. The van der Waals surface area contributed by atoms with E-state index in [9.17, 15) is 14.7 Å². The predicted octanol–water partition coefficient (Wildman–Crippen LogP) is 6.23. The number of hydrogen-bond donors (Lipinski definition) is 1. The van der Waals surface area contributed by atoms with Crippen LogP contribution in [0.3, 0.4) is 0 Å². The Morgan fingerprint density at radius 1 is 0.730 bits per heavy atom. The number of allylic oxidation sites excluding steroid dienone is 1. The number of aliphatic carboxylic acids is 1. The number of carboxylic acid groups (broad SMARTS) is 1. The van der Waals surface area contributed by atoms with Crippen molar-refractivity contribution in [3.05, 3.63) is 131 Å². The minimum atomic E-state index is -1.18. The zero-order chi connectivity index (χ0) is 25.6. The van der Waals surface area contributed by atoms with Gasteiger partial charge in [0.15, 0.2) is 5.78 Å². The number of ether oxygens (including phenoxy) is 1. The standard InChI is InChI=1S/C30H22N2O4S/c33-29(22-9-5-2-6-10-22)25(28(30(34)35)23-13-16-26-27(18-23)32-37-31-26)17-20-11-14-24(15-12-20)36-19-21-7-3-1-4-8-21/h1-16,18H,17,19H2,(H,34,35)/b28-25+. The van der Waals surface area contributed by atoms with E-state index in [-0.39, 0.29) is 23.4 Å². The fourth-order valence-electron chi connectivity index (χ4n) is 4.06. The number of carbonyl (C=O) groups is 2. The molecule has 4 aromatic carbocycles. The molecule has 0 atom stereocenters. The number of rotatable bonds is 9. The third-order valence-corrected chi connectivity index (χ3v) is 6.48. The van der Waals surface area contributed by atoms with Crippen molar-refractivity contribution in [3.63, 3.8) is 0 Å². The van der Waals surface area contributed by atoms with Crippen LogP contribution >= 0.6 is 11.7 Å². The Morgan fingerprint density at radius 3 is 2.11 bits per heavy atom. The fourth-order valence-corrected chi connectivity index (χ4v) is 4.58. The Morgan fingerprint density at radius 2 is 1.41 bits per heavy atom. The van der Waals surface area contributed by atoms with E-state index < -0.39 is 5.97 Å². The number of hydrogen-bond acceptors (Lipinski definition) is 6. The summed E-state index contributed by atoms with van der Waals surface area (Å²) in [6, 6.07) is 31.0. The highest BCUT2D eigenvalue weighted by Crippen LogP contribution is 2.28. The molecule has 0 unspecified atom stereocenters. The first-order valence-corrected chi connectivity index (χ1v) is 12.4. The van der Waals surface area contributed by atoms with Gasteiger partial charge in [-0.05, 0) is 41.0 Å². The van der Waals surface area contributed by atoms with Gasteiger partial charge in [0.1, 0.15) is 23.4 Å². The zero-order valence-corrected chi connectivity index (χ0v) is 20.5. The van der Waals surface area contributed by atoms with E-state index in [1.54, 1.807) is 42.5 Å². The van der Waals surface area contributed by atoms with Crippen molar-refractivity contribution in [2.24, 2.45) is 0 Å². The lowest BCUT2D eigenvalue weighted by molar-refractivity contribution is -0.130. The van der Waals surface area contributed by atoms with Gasteiger partial charge in [-0.3, -0.25) is 4.79 Å². The van der Waals surface area contributed by atoms with E-state index in [4.69, 9.17) is 4.74 Å². The number of aromatic nitrogens is 2. The molecule has 5 rings (SSSR count). The number of ketones is 1. The molecule has 7 heteroatoms. The molecular formula is C30H22N2O4S. The van der Waals surface area contributed by atoms with Crippen molar-refractivity contribution in [1.82, 2.24) is 8.75 Å². The Hall–Kier alpha value is -4.62. The minimum Gasteiger partial charge on any atom is -0.489 e. The molecule has 0 amide bonds. The summed E-state index contributed by atoms with van der Waals surface area (Å²) in [5.41, 5.74) is 4.11. The van der Waals surface area contributed by atoms with Gasteiger partial charge in [0, 0.05) is 17.6 Å². The van der Waals surface area contributed by atoms with Crippen molar-refractivity contribution in [2.75, 3.05) is 0 Å². The van der Waals surface area contributed by atoms with Gasteiger partial charge in [0.05, 0.1) is 17.3 Å². The molecule has 0 aliphatic rings. The predicted molar refractivity (Wildman–Crippen MR) is 144 cm³/mol. The number of fused-ring (bicyclic) bond motifs is 1. The third-order valence-electron chi connectivity index (χ3n) is 5.92. The molecular weight excluding hydrogens is 484 g/mol. The first-order valence-electron chi connectivity index (χ1n) is 11.6. The third kappa shape index (κ3) is 5.63. The highest BCUT2D eigenvalue weighted by molar-refractivity contribution is 7.00. The van der Waals surface area contributed by atoms with Crippen LogP contribution in [0.2, 0.25) is 0 Å². The van der Waals surface area contributed by atoms with Crippen LogP contribution < -0.4 is 4.74 Å². The van der Waals surface area contributed by atoms with Crippen LogP contribution in [-0.4, -0.2) is 25.6 Å². The number of carboxylic acids is 1. The first-order chi connectivity index (χ1) is 18.1. The van der Waals surface area contributed by atoms with Crippen LogP contribution in [0.15, 0.2) is 109 Å². The van der Waals surface area contributed by atoms with Crippen molar-refractivity contribution in [3.8, 4) is 5.75 Å². The molecule has 182 valence electrons. The highest BCUT2D eigenvalue weighted by Gasteiger charge is 2.24. The van der Waals surface area contributed by atoms with Gasteiger partial charge in [-0.1, -0.05) is 78.9 Å². The van der Waals surface area contributed by atoms with E-state index in [1.807, 2.05) is 60.7 Å². The minimum absolute atomic E-state index is 0.0480. The van der Waals surface area contributed by atoms with E-state index in [2.05, 4.69) is 8.75 Å². The van der Waals surface area contributed by atoms with Crippen LogP contribution in [-0.2, 0) is 17.8 Å². The van der Waals surface area contributed by atoms with Gasteiger partial charge in [-0.25, -0.2) is 4.79 Å². The van der Waals surface area contributed by atoms with Gasteiger partial charge in [0.25, 0.3) is 0 Å². The Balaban J connectivity index is 1.50. The molecule has 6 nitrogen and oxygen atoms in total. The Bertz CT molecular complexity index is 1580. The second-order valence-corrected chi connectivity index (χ2v) is 8.95. The Labute approximate surface area is 217 Å². The maximum atomic E-state index is 13.6. The molecule has 0 aliphatic carbocycles. The smallest absolute Gasteiger partial charge is 0.336 e. The summed E-state index contributed by atoms with van der Waals surface area (Å²) in [5.74, 6) is -0.823. The molecule has 0 saturated carbocycles. The first kappa shape index (κ1) is 24.1. The quantitative estimate of drug-likeness (QED) is 0.188. The topological polar surface area (TPSA) is 89.4 Å². The van der Waals surface area contributed by atoms with Gasteiger partial charge < -0.3 is 9.84 Å². The molecule has 1 heterocycles. The Kier molecular flexibility index (Phi) is 7.14. The summed E-state index contributed by atoms with van der Waals surface area (Å²) in [6.07, 6.45) is 0.141. The average Bonchev–Trinajstić information content (AvgIpc) is 3.41. The lowest BCUT2D eigenvalue weighted by atomic mass is 9.89. The second-order valence-electron chi connectivity index (χ2n) is 8.42. The summed E-state index contributed by atoms with van der Waals surface area (Å²) in [6.45, 7) is 0.439. The van der Waals surface area contributed by atoms with Crippen molar-refractivity contribution in [1.29, 1.82) is 0 Å². The molecule has 0 aliphatic heterocycles. The van der Waals surface area contributed by atoms with Gasteiger partial charge in [0.2, 0.25) is 0 Å². The van der Waals surface area contributed by atoms with Gasteiger partial charge in [-0.2, -0.15) is 8.75 Å². The van der Waals surface area contributed by atoms with Crippen LogP contribution in [0.5, 0.6) is 5.75 Å². The average molecular weight is 507 g/mol. The van der Waals surface area contributed by atoms with Crippen molar-refractivity contribution in [2.45, 2.75) is 13.0 Å². The van der Waals surface area contributed by atoms with Crippen LogP contribution in [0.4, 0.5) is 0 Å². The van der Waals surface area contributed by atoms with Gasteiger partial charge >= 0.3 is 5.97 Å². The molecule has 0 bridgehead atoms. The molecule has 5 aromatic rings. The van der Waals surface area contributed by atoms with Crippen molar-refractivity contribution < 1.29 is 19.4 Å². The summed E-state index contributed by atoms with van der Waals surface area (Å²) in [4.78, 5) is 26.2. The summed E-state index contributed by atoms with van der Waals surface area (Å²) in [7, 11) is 0. The fraction of sp³-hybridized carbons (Fsp3) is 0.0667. The summed E-state index contributed by atoms with van der Waals surface area (Å²) < 4.78 is 14.3. The van der Waals surface area contributed by atoms with E-state index >= 15 is 0 Å². The zero-order valence-electron chi connectivity index (χ0n) is 19.7. The summed E-state index contributed by atoms with van der Waals surface area (Å²) >= 11 is 1.06. The molecule has 0 spiro atoms. The van der Waals surface area contributed by atoms with E-state index in [1.165, 1.54) is 0 Å². The number of Topliss-reactive ketones (excluding diaryl/α,β-unsaturated/α-hetero) is 1. The molecule has 1 N–H and O–H groups in total. The SMILES string of the molecule is O=C(O)/C(=C(\Cc1ccc(OCc2ccccc2)cc1)C(=O)c1ccccc1)c1ccc2nsnc2c1. The van der Waals surface area contributed by atoms with Crippen LogP contribution in [0.1, 0.15) is 27.0 Å². The molecule has 0 saturated heterocycles. The second kappa shape index (κ2) is 11.0. The van der Waals surface area contributed by atoms with E-state index in [0.717, 1.165) is 22.9 Å².